The van der Waals surface area contributed by atoms with Crippen LogP contribution in [-0.4, -0.2) is 47.3 Å². The fourth-order valence-corrected chi connectivity index (χ4v) is 3.15. The van der Waals surface area contributed by atoms with Crippen molar-refractivity contribution in [3.05, 3.63) is 15.6 Å². The maximum Gasteiger partial charge on any atom is 0.310 e. The third-order valence-corrected chi connectivity index (χ3v) is 4.45. The van der Waals surface area contributed by atoms with E-state index in [1.807, 2.05) is 18.9 Å². The fourth-order valence-electron chi connectivity index (χ4n) is 2.15. The number of likely N-dealkylation sites (N-methyl/N-ethyl adjacent to an activating group) is 1. The van der Waals surface area contributed by atoms with Crippen molar-refractivity contribution in [3.63, 3.8) is 0 Å². The van der Waals surface area contributed by atoms with E-state index in [1.165, 1.54) is 4.88 Å². The van der Waals surface area contributed by atoms with Crippen LogP contribution in [0.3, 0.4) is 0 Å². The summed E-state index contributed by atoms with van der Waals surface area (Å²) < 4.78 is 5.28. The topological polar surface area (TPSA) is 62.7 Å². The summed E-state index contributed by atoms with van der Waals surface area (Å²) in [7, 11) is 1.93. The molecule has 0 spiro atoms. The number of aromatic nitrogens is 1. The third kappa shape index (κ3) is 2.71. The molecule has 0 aromatic carbocycles. The van der Waals surface area contributed by atoms with E-state index in [4.69, 9.17) is 9.84 Å². The molecule has 18 heavy (non-hydrogen) atoms. The minimum atomic E-state index is -0.782. The molecule has 0 aliphatic carbocycles. The van der Waals surface area contributed by atoms with E-state index in [1.54, 1.807) is 11.3 Å². The Kier molecular flexibility index (Phi) is 3.99. The number of carboxylic acid groups (broad SMARTS) is 1. The minimum Gasteiger partial charge on any atom is -0.481 e. The van der Waals surface area contributed by atoms with Gasteiger partial charge >= 0.3 is 5.97 Å². The maximum atomic E-state index is 11.1. The predicted octanol–water partition coefficient (Wildman–Crippen LogP) is 1.29. The Balaban J connectivity index is 2.03. The molecule has 1 aliphatic rings. The van der Waals surface area contributed by atoms with E-state index in [0.717, 1.165) is 10.7 Å². The molecule has 1 saturated heterocycles. The normalized spacial score (nSPS) is 23.8. The van der Waals surface area contributed by atoms with Gasteiger partial charge in [0.25, 0.3) is 0 Å². The van der Waals surface area contributed by atoms with Crippen molar-refractivity contribution >= 4 is 17.3 Å². The Bertz CT molecular complexity index is 427. The van der Waals surface area contributed by atoms with Gasteiger partial charge in [-0.25, -0.2) is 4.98 Å². The van der Waals surface area contributed by atoms with Crippen molar-refractivity contribution < 1.29 is 14.6 Å². The highest BCUT2D eigenvalue weighted by atomic mass is 32.1. The zero-order valence-electron chi connectivity index (χ0n) is 10.8. The predicted molar refractivity (Wildman–Crippen MR) is 68.8 cm³/mol. The Morgan fingerprint density at radius 1 is 1.56 bits per heavy atom. The molecule has 2 atom stereocenters. The van der Waals surface area contributed by atoms with Crippen LogP contribution in [0.15, 0.2) is 0 Å². The lowest BCUT2D eigenvalue weighted by Crippen LogP contribution is -2.40. The number of hydrogen-bond donors (Lipinski definition) is 1. The standard InChI is InChI=1S/C12H18N2O3S/c1-7-8(2)18-11(13-7)4-14(3)10-6-17-5-9(10)12(15)16/h9-10H,4-6H2,1-3H3,(H,15,16). The zero-order chi connectivity index (χ0) is 13.3. The molecule has 1 N–H and O–H groups in total. The van der Waals surface area contributed by atoms with Crippen LogP contribution in [-0.2, 0) is 16.1 Å². The molecule has 2 heterocycles. The monoisotopic (exact) mass is 270 g/mol. The van der Waals surface area contributed by atoms with Gasteiger partial charge in [-0.1, -0.05) is 0 Å². The summed E-state index contributed by atoms with van der Waals surface area (Å²) in [6.45, 7) is 5.51. The molecule has 1 aromatic heterocycles. The molecule has 0 amide bonds. The lowest BCUT2D eigenvalue weighted by atomic mass is 10.0. The van der Waals surface area contributed by atoms with Crippen LogP contribution in [0.4, 0.5) is 0 Å². The molecule has 5 nitrogen and oxygen atoms in total. The number of ether oxygens (including phenoxy) is 1. The van der Waals surface area contributed by atoms with Crippen molar-refractivity contribution in [3.8, 4) is 0 Å². The second kappa shape index (κ2) is 5.34. The number of aryl methyl sites for hydroxylation is 2. The van der Waals surface area contributed by atoms with Gasteiger partial charge in [-0.15, -0.1) is 11.3 Å². The van der Waals surface area contributed by atoms with E-state index >= 15 is 0 Å². The molecule has 1 fully saturated rings. The van der Waals surface area contributed by atoms with Crippen molar-refractivity contribution in [2.75, 3.05) is 20.3 Å². The number of hydrogen-bond acceptors (Lipinski definition) is 5. The molecule has 100 valence electrons. The van der Waals surface area contributed by atoms with Crippen LogP contribution in [0.1, 0.15) is 15.6 Å². The van der Waals surface area contributed by atoms with Gasteiger partial charge in [0.15, 0.2) is 0 Å². The van der Waals surface area contributed by atoms with Gasteiger partial charge in [0.2, 0.25) is 0 Å². The summed E-state index contributed by atoms with van der Waals surface area (Å²) in [4.78, 5) is 18.8. The van der Waals surface area contributed by atoms with Crippen LogP contribution in [0.5, 0.6) is 0 Å². The van der Waals surface area contributed by atoms with E-state index in [9.17, 15) is 4.79 Å². The molecule has 0 saturated carbocycles. The zero-order valence-corrected chi connectivity index (χ0v) is 11.7. The first-order chi connectivity index (χ1) is 8.49. The maximum absolute atomic E-state index is 11.1. The van der Waals surface area contributed by atoms with Crippen LogP contribution in [0.25, 0.3) is 0 Å². The Hall–Kier alpha value is -0.980. The number of rotatable bonds is 4. The van der Waals surface area contributed by atoms with Gasteiger partial charge in [-0.2, -0.15) is 0 Å². The third-order valence-electron chi connectivity index (χ3n) is 3.39. The average Bonchev–Trinajstić information content (AvgIpc) is 2.86. The number of thiazole rings is 1. The number of carbonyl (C=O) groups is 1. The first-order valence-electron chi connectivity index (χ1n) is 5.92. The fraction of sp³-hybridized carbons (Fsp3) is 0.667. The highest BCUT2D eigenvalue weighted by molar-refractivity contribution is 7.11. The van der Waals surface area contributed by atoms with Crippen LogP contribution >= 0.6 is 11.3 Å². The van der Waals surface area contributed by atoms with E-state index in [0.29, 0.717) is 19.8 Å². The molecule has 0 radical (unpaired) electrons. The van der Waals surface area contributed by atoms with Crippen LogP contribution < -0.4 is 0 Å². The molecular formula is C12H18N2O3S. The Labute approximate surface area is 110 Å². The molecule has 1 aromatic rings. The van der Waals surface area contributed by atoms with Gasteiger partial charge < -0.3 is 9.84 Å². The SMILES string of the molecule is Cc1nc(CN(C)C2COCC2C(=O)O)sc1C. The number of nitrogens with zero attached hydrogens (tertiary/aromatic N) is 2. The van der Waals surface area contributed by atoms with Gasteiger partial charge in [0, 0.05) is 10.9 Å². The van der Waals surface area contributed by atoms with E-state index in [-0.39, 0.29) is 6.04 Å². The van der Waals surface area contributed by atoms with Crippen molar-refractivity contribution in [2.24, 2.45) is 5.92 Å². The van der Waals surface area contributed by atoms with Crippen molar-refractivity contribution in [1.82, 2.24) is 9.88 Å². The summed E-state index contributed by atoms with van der Waals surface area (Å²) in [5, 5.41) is 10.2. The van der Waals surface area contributed by atoms with Crippen LogP contribution in [0.2, 0.25) is 0 Å². The van der Waals surface area contributed by atoms with E-state index < -0.39 is 11.9 Å². The lowest BCUT2D eigenvalue weighted by molar-refractivity contribution is -0.143. The summed E-state index contributed by atoms with van der Waals surface area (Å²) in [5.41, 5.74) is 1.06. The van der Waals surface area contributed by atoms with Crippen molar-refractivity contribution in [1.29, 1.82) is 0 Å². The molecular weight excluding hydrogens is 252 g/mol. The second-order valence-corrected chi connectivity index (χ2v) is 6.00. The lowest BCUT2D eigenvalue weighted by Gasteiger charge is -2.25. The van der Waals surface area contributed by atoms with E-state index in [2.05, 4.69) is 11.9 Å². The van der Waals surface area contributed by atoms with Crippen LogP contribution in [0, 0.1) is 19.8 Å². The highest BCUT2D eigenvalue weighted by Gasteiger charge is 2.36. The summed E-state index contributed by atoms with van der Waals surface area (Å²) in [6.07, 6.45) is 0. The summed E-state index contributed by atoms with van der Waals surface area (Å²) in [6, 6.07) is -0.0630. The Morgan fingerprint density at radius 3 is 2.83 bits per heavy atom. The largest absolute Gasteiger partial charge is 0.481 e. The summed E-state index contributed by atoms with van der Waals surface area (Å²) >= 11 is 1.67. The molecule has 0 bridgehead atoms. The van der Waals surface area contributed by atoms with Gasteiger partial charge in [0.1, 0.15) is 5.01 Å². The Morgan fingerprint density at radius 2 is 2.28 bits per heavy atom. The summed E-state index contributed by atoms with van der Waals surface area (Å²) in [5.74, 6) is -1.21. The van der Waals surface area contributed by atoms with Gasteiger partial charge in [-0.05, 0) is 20.9 Å². The smallest absolute Gasteiger partial charge is 0.310 e. The molecule has 2 unspecified atom stereocenters. The van der Waals surface area contributed by atoms with Crippen molar-refractivity contribution in [2.45, 2.75) is 26.4 Å². The first-order valence-corrected chi connectivity index (χ1v) is 6.74. The quantitative estimate of drug-likeness (QED) is 0.893. The van der Waals surface area contributed by atoms with Gasteiger partial charge in [-0.3, -0.25) is 9.69 Å². The second-order valence-electron chi connectivity index (χ2n) is 4.71. The molecule has 1 aliphatic heterocycles. The first kappa shape index (κ1) is 13.5. The van der Waals surface area contributed by atoms with Gasteiger partial charge in [0.05, 0.1) is 31.4 Å². The minimum absolute atomic E-state index is 0.0630. The average molecular weight is 270 g/mol. The molecule has 6 heteroatoms. The highest BCUT2D eigenvalue weighted by Crippen LogP contribution is 2.23. The number of carboxylic acids is 1. The number of aliphatic carboxylic acids is 1. The molecule has 2 rings (SSSR count).